The number of likely N-dealkylation sites (tertiary alicyclic amines) is 1. The first-order valence-corrected chi connectivity index (χ1v) is 6.85. The van der Waals surface area contributed by atoms with Gasteiger partial charge in [-0.05, 0) is 37.6 Å². The SMILES string of the molecule is CN1CCCCC1COCc1cccc(CN)c1. The van der Waals surface area contributed by atoms with Crippen molar-refractivity contribution in [1.82, 2.24) is 4.90 Å². The fraction of sp³-hybridized carbons (Fsp3) is 0.600. The number of ether oxygens (including phenoxy) is 1. The Bertz CT molecular complexity index is 367. The molecule has 0 saturated carbocycles. The van der Waals surface area contributed by atoms with Gasteiger partial charge >= 0.3 is 0 Å². The molecule has 1 aliphatic rings. The highest BCUT2D eigenvalue weighted by Crippen LogP contribution is 2.15. The molecule has 1 aromatic carbocycles. The highest BCUT2D eigenvalue weighted by Gasteiger charge is 2.18. The third-order valence-electron chi connectivity index (χ3n) is 3.73. The van der Waals surface area contributed by atoms with Crippen molar-refractivity contribution in [2.45, 2.75) is 38.5 Å². The van der Waals surface area contributed by atoms with Crippen molar-refractivity contribution in [3.05, 3.63) is 35.4 Å². The first-order chi connectivity index (χ1) is 8.79. The van der Waals surface area contributed by atoms with Crippen LogP contribution in [0, 0.1) is 0 Å². The molecule has 1 aliphatic heterocycles. The Morgan fingerprint density at radius 2 is 2.17 bits per heavy atom. The van der Waals surface area contributed by atoms with Gasteiger partial charge in [-0.15, -0.1) is 0 Å². The van der Waals surface area contributed by atoms with Crippen LogP contribution in [0.5, 0.6) is 0 Å². The number of nitrogens with zero attached hydrogens (tertiary/aromatic N) is 1. The summed E-state index contributed by atoms with van der Waals surface area (Å²) in [7, 11) is 2.20. The second kappa shape index (κ2) is 6.88. The maximum Gasteiger partial charge on any atom is 0.0717 e. The molecule has 1 heterocycles. The first-order valence-electron chi connectivity index (χ1n) is 6.85. The highest BCUT2D eigenvalue weighted by atomic mass is 16.5. The molecule has 1 aromatic rings. The summed E-state index contributed by atoms with van der Waals surface area (Å²) in [5.41, 5.74) is 8.03. The highest BCUT2D eigenvalue weighted by molar-refractivity contribution is 5.22. The summed E-state index contributed by atoms with van der Waals surface area (Å²) in [5, 5.41) is 0. The number of piperidine rings is 1. The summed E-state index contributed by atoms with van der Waals surface area (Å²) in [6.45, 7) is 3.33. The van der Waals surface area contributed by atoms with E-state index < -0.39 is 0 Å². The predicted molar refractivity (Wildman–Crippen MR) is 74.3 cm³/mol. The van der Waals surface area contributed by atoms with E-state index >= 15 is 0 Å². The van der Waals surface area contributed by atoms with Gasteiger partial charge in [0.2, 0.25) is 0 Å². The van der Waals surface area contributed by atoms with Crippen LogP contribution in [0.1, 0.15) is 30.4 Å². The van der Waals surface area contributed by atoms with E-state index in [-0.39, 0.29) is 0 Å². The second-order valence-corrected chi connectivity index (χ2v) is 5.17. The molecular weight excluding hydrogens is 224 g/mol. The van der Waals surface area contributed by atoms with E-state index in [4.69, 9.17) is 10.5 Å². The lowest BCUT2D eigenvalue weighted by Crippen LogP contribution is -2.39. The zero-order valence-corrected chi connectivity index (χ0v) is 11.3. The molecule has 3 heteroatoms. The van der Waals surface area contributed by atoms with Crippen molar-refractivity contribution in [1.29, 1.82) is 0 Å². The van der Waals surface area contributed by atoms with Gasteiger partial charge in [0.05, 0.1) is 13.2 Å². The number of rotatable bonds is 5. The number of hydrogen-bond donors (Lipinski definition) is 1. The topological polar surface area (TPSA) is 38.5 Å². The molecule has 1 unspecified atom stereocenters. The summed E-state index contributed by atoms with van der Waals surface area (Å²) in [6, 6.07) is 8.93. The summed E-state index contributed by atoms with van der Waals surface area (Å²) in [6.07, 6.45) is 3.92. The molecule has 0 spiro atoms. The lowest BCUT2D eigenvalue weighted by Gasteiger charge is -2.32. The lowest BCUT2D eigenvalue weighted by molar-refractivity contribution is 0.0444. The molecule has 2 rings (SSSR count). The minimum absolute atomic E-state index is 0.594. The van der Waals surface area contributed by atoms with E-state index in [9.17, 15) is 0 Å². The molecule has 0 aliphatic carbocycles. The van der Waals surface area contributed by atoms with Gasteiger partial charge < -0.3 is 15.4 Å². The van der Waals surface area contributed by atoms with Gasteiger partial charge in [0.15, 0.2) is 0 Å². The molecule has 100 valence electrons. The van der Waals surface area contributed by atoms with Crippen LogP contribution in [-0.4, -0.2) is 31.1 Å². The van der Waals surface area contributed by atoms with Crippen LogP contribution in [0.25, 0.3) is 0 Å². The second-order valence-electron chi connectivity index (χ2n) is 5.17. The number of hydrogen-bond acceptors (Lipinski definition) is 3. The Labute approximate surface area is 110 Å². The zero-order chi connectivity index (χ0) is 12.8. The summed E-state index contributed by atoms with van der Waals surface area (Å²) < 4.78 is 5.85. The van der Waals surface area contributed by atoms with Gasteiger partial charge in [0, 0.05) is 12.6 Å². The standard InChI is InChI=1S/C15H24N2O/c1-17-8-3-2-7-15(17)12-18-11-14-6-4-5-13(9-14)10-16/h4-6,9,15H,2-3,7-8,10-12,16H2,1H3. The van der Waals surface area contributed by atoms with Crippen molar-refractivity contribution in [2.24, 2.45) is 5.73 Å². The lowest BCUT2D eigenvalue weighted by atomic mass is 10.0. The van der Waals surface area contributed by atoms with Crippen LogP contribution in [0.2, 0.25) is 0 Å². The average Bonchev–Trinajstić information content (AvgIpc) is 2.41. The molecule has 0 amide bonds. The van der Waals surface area contributed by atoms with Gasteiger partial charge in [-0.2, -0.15) is 0 Å². The Morgan fingerprint density at radius 3 is 2.94 bits per heavy atom. The van der Waals surface area contributed by atoms with Gasteiger partial charge in [0.1, 0.15) is 0 Å². The van der Waals surface area contributed by atoms with Gasteiger partial charge in [-0.3, -0.25) is 0 Å². The minimum atomic E-state index is 0.594. The monoisotopic (exact) mass is 248 g/mol. The van der Waals surface area contributed by atoms with Crippen LogP contribution >= 0.6 is 0 Å². The number of benzene rings is 1. The fourth-order valence-corrected chi connectivity index (χ4v) is 2.51. The van der Waals surface area contributed by atoms with Crippen molar-refractivity contribution >= 4 is 0 Å². The molecule has 3 nitrogen and oxygen atoms in total. The van der Waals surface area contributed by atoms with E-state index in [0.29, 0.717) is 19.2 Å². The van der Waals surface area contributed by atoms with Crippen LogP contribution < -0.4 is 5.73 Å². The van der Waals surface area contributed by atoms with Crippen molar-refractivity contribution in [3.63, 3.8) is 0 Å². The molecule has 18 heavy (non-hydrogen) atoms. The summed E-state index contributed by atoms with van der Waals surface area (Å²) >= 11 is 0. The predicted octanol–water partition coefficient (Wildman–Crippen LogP) is 2.15. The van der Waals surface area contributed by atoms with Crippen LogP contribution in [0.15, 0.2) is 24.3 Å². The molecule has 1 atom stereocenters. The Hall–Kier alpha value is -0.900. The van der Waals surface area contributed by atoms with Crippen LogP contribution in [-0.2, 0) is 17.9 Å². The van der Waals surface area contributed by atoms with Crippen LogP contribution in [0.3, 0.4) is 0 Å². The normalized spacial score (nSPS) is 21.1. The summed E-state index contributed by atoms with van der Waals surface area (Å²) in [5.74, 6) is 0. The van der Waals surface area contributed by atoms with Crippen LogP contribution in [0.4, 0.5) is 0 Å². The smallest absolute Gasteiger partial charge is 0.0717 e. The number of likely N-dealkylation sites (N-methyl/N-ethyl adjacent to an activating group) is 1. The van der Waals surface area contributed by atoms with E-state index in [1.807, 2.05) is 6.07 Å². The third-order valence-corrected chi connectivity index (χ3v) is 3.73. The van der Waals surface area contributed by atoms with Gasteiger partial charge in [0.25, 0.3) is 0 Å². The van der Waals surface area contributed by atoms with Gasteiger partial charge in [-0.25, -0.2) is 0 Å². The largest absolute Gasteiger partial charge is 0.375 e. The minimum Gasteiger partial charge on any atom is -0.375 e. The number of nitrogens with two attached hydrogens (primary N) is 1. The first kappa shape index (κ1) is 13.5. The Kier molecular flexibility index (Phi) is 5.17. The average molecular weight is 248 g/mol. The maximum atomic E-state index is 5.85. The van der Waals surface area contributed by atoms with Crippen molar-refractivity contribution in [2.75, 3.05) is 20.2 Å². The molecular formula is C15H24N2O. The Morgan fingerprint density at radius 1 is 1.33 bits per heavy atom. The van der Waals surface area contributed by atoms with E-state index in [2.05, 4.69) is 30.1 Å². The van der Waals surface area contributed by atoms with Gasteiger partial charge in [-0.1, -0.05) is 30.7 Å². The van der Waals surface area contributed by atoms with Crippen molar-refractivity contribution in [3.8, 4) is 0 Å². The third kappa shape index (κ3) is 3.80. The molecule has 0 bridgehead atoms. The van der Waals surface area contributed by atoms with E-state index in [1.165, 1.54) is 36.9 Å². The molecule has 0 aromatic heterocycles. The fourth-order valence-electron chi connectivity index (χ4n) is 2.51. The molecule has 1 fully saturated rings. The van der Waals surface area contributed by atoms with E-state index in [1.54, 1.807) is 0 Å². The summed E-state index contributed by atoms with van der Waals surface area (Å²) in [4.78, 5) is 2.42. The zero-order valence-electron chi connectivity index (χ0n) is 11.3. The maximum absolute atomic E-state index is 5.85. The molecule has 1 saturated heterocycles. The van der Waals surface area contributed by atoms with Crippen molar-refractivity contribution < 1.29 is 4.74 Å². The Balaban J connectivity index is 1.77. The quantitative estimate of drug-likeness (QED) is 0.867. The van der Waals surface area contributed by atoms with E-state index in [0.717, 1.165) is 6.61 Å². The molecule has 2 N–H and O–H groups in total. The molecule has 0 radical (unpaired) electrons.